The van der Waals surface area contributed by atoms with Crippen molar-refractivity contribution >= 4 is 28.3 Å². The topological polar surface area (TPSA) is 89.3 Å². The van der Waals surface area contributed by atoms with Crippen LogP contribution >= 0.6 is 11.3 Å². The summed E-state index contributed by atoms with van der Waals surface area (Å²) in [6.45, 7) is 0.691. The Morgan fingerprint density at radius 1 is 1.33 bits per heavy atom. The van der Waals surface area contributed by atoms with Gasteiger partial charge in [0, 0.05) is 37.8 Å². The number of aromatic nitrogens is 3. The van der Waals surface area contributed by atoms with Gasteiger partial charge in [0.05, 0.1) is 19.2 Å². The molecule has 1 aliphatic heterocycles. The third-order valence-electron chi connectivity index (χ3n) is 5.06. The quantitative estimate of drug-likeness (QED) is 0.628. The Morgan fingerprint density at radius 3 is 2.77 bits per heavy atom. The summed E-state index contributed by atoms with van der Waals surface area (Å²) in [7, 11) is 3.51. The number of hydrogen-bond donors (Lipinski definition) is 1. The molecule has 2 aromatic heterocycles. The molecule has 1 atom stereocenters. The lowest BCUT2D eigenvalue weighted by Crippen LogP contribution is -2.32. The van der Waals surface area contributed by atoms with Gasteiger partial charge in [0.15, 0.2) is 5.13 Å². The number of carbonyl (C=O) groups excluding carboxylic acids is 2. The lowest BCUT2D eigenvalue weighted by molar-refractivity contribution is -0.121. The zero-order chi connectivity index (χ0) is 21.1. The number of hydrogen-bond acceptors (Lipinski definition) is 6. The highest BCUT2D eigenvalue weighted by Gasteiger charge is 2.25. The maximum Gasteiger partial charge on any atom is 0.228 e. The molecule has 0 spiro atoms. The highest BCUT2D eigenvalue weighted by molar-refractivity contribution is 7.14. The Balaban J connectivity index is 1.50. The van der Waals surface area contributed by atoms with Crippen LogP contribution in [0.5, 0.6) is 5.75 Å². The van der Waals surface area contributed by atoms with Gasteiger partial charge in [0.25, 0.3) is 0 Å². The molecule has 2 amide bonds. The second kappa shape index (κ2) is 8.66. The van der Waals surface area contributed by atoms with Crippen molar-refractivity contribution in [3.05, 3.63) is 59.1 Å². The number of ether oxygens (including phenoxy) is 1. The molecule has 1 saturated heterocycles. The van der Waals surface area contributed by atoms with E-state index in [2.05, 4.69) is 15.3 Å². The minimum absolute atomic E-state index is 0.0923. The molecule has 8 nitrogen and oxygen atoms in total. The number of methoxy groups -OCH3 is 1. The number of anilines is 1. The van der Waals surface area contributed by atoms with Crippen molar-refractivity contribution in [3.8, 4) is 5.75 Å². The van der Waals surface area contributed by atoms with Crippen LogP contribution in [0.15, 0.2) is 42.0 Å². The van der Waals surface area contributed by atoms with E-state index in [0.717, 1.165) is 23.6 Å². The molecule has 1 aliphatic rings. The standard InChI is InChI=1S/C21H23N5O3S/c1-25-11-9-22-20(25)19(14-5-7-16(29-2)8-6-14)24-17(27)12-15-13-30-21(23-15)26-10-3-4-18(26)28/h5-9,11,13,19H,3-4,10,12H2,1-2H3,(H,24,27). The first kappa shape index (κ1) is 20.1. The summed E-state index contributed by atoms with van der Waals surface area (Å²) in [6, 6.07) is 7.15. The number of amides is 2. The molecule has 4 rings (SSSR count). The lowest BCUT2D eigenvalue weighted by atomic mass is 10.1. The third kappa shape index (κ3) is 4.20. The number of benzene rings is 1. The first-order chi connectivity index (χ1) is 14.5. The molecule has 1 unspecified atom stereocenters. The van der Waals surface area contributed by atoms with Crippen LogP contribution in [0.25, 0.3) is 0 Å². The Kier molecular flexibility index (Phi) is 5.80. The van der Waals surface area contributed by atoms with E-state index in [1.54, 1.807) is 18.2 Å². The molecule has 0 bridgehead atoms. The molecule has 0 saturated carbocycles. The predicted molar refractivity (Wildman–Crippen MR) is 114 cm³/mol. The van der Waals surface area contributed by atoms with Gasteiger partial charge in [0.2, 0.25) is 11.8 Å². The van der Waals surface area contributed by atoms with Crippen molar-refractivity contribution in [2.24, 2.45) is 7.05 Å². The molecule has 0 radical (unpaired) electrons. The van der Waals surface area contributed by atoms with Crippen LogP contribution in [-0.4, -0.2) is 40.0 Å². The fourth-order valence-corrected chi connectivity index (χ4v) is 4.34. The fourth-order valence-electron chi connectivity index (χ4n) is 3.48. The second-order valence-corrected chi connectivity index (χ2v) is 7.95. The lowest BCUT2D eigenvalue weighted by Gasteiger charge is -2.19. The molecule has 156 valence electrons. The monoisotopic (exact) mass is 425 g/mol. The molecule has 30 heavy (non-hydrogen) atoms. The van der Waals surface area contributed by atoms with Crippen molar-refractivity contribution in [2.75, 3.05) is 18.6 Å². The molecule has 3 aromatic rings. The van der Waals surface area contributed by atoms with Gasteiger partial charge in [-0.05, 0) is 24.1 Å². The van der Waals surface area contributed by atoms with Crippen LogP contribution in [-0.2, 0) is 23.1 Å². The van der Waals surface area contributed by atoms with E-state index in [1.165, 1.54) is 11.3 Å². The molecular weight excluding hydrogens is 402 g/mol. The normalized spacial score (nSPS) is 14.7. The number of nitrogens with zero attached hydrogens (tertiary/aromatic N) is 4. The van der Waals surface area contributed by atoms with Gasteiger partial charge in [-0.1, -0.05) is 12.1 Å². The van der Waals surface area contributed by atoms with Crippen LogP contribution in [0.1, 0.15) is 36.0 Å². The van der Waals surface area contributed by atoms with Crippen LogP contribution < -0.4 is 15.0 Å². The summed E-state index contributed by atoms with van der Waals surface area (Å²) in [5.41, 5.74) is 1.56. The summed E-state index contributed by atoms with van der Waals surface area (Å²) in [6.07, 6.45) is 5.09. The van der Waals surface area contributed by atoms with Crippen molar-refractivity contribution in [3.63, 3.8) is 0 Å². The van der Waals surface area contributed by atoms with Crippen molar-refractivity contribution < 1.29 is 14.3 Å². The van der Waals surface area contributed by atoms with Gasteiger partial charge in [0.1, 0.15) is 17.6 Å². The fraction of sp³-hybridized carbons (Fsp3) is 0.333. The number of rotatable bonds is 7. The number of thiazole rings is 1. The van der Waals surface area contributed by atoms with Crippen molar-refractivity contribution in [1.29, 1.82) is 0 Å². The van der Waals surface area contributed by atoms with Crippen LogP contribution in [0.4, 0.5) is 5.13 Å². The van der Waals surface area contributed by atoms with E-state index in [9.17, 15) is 9.59 Å². The van der Waals surface area contributed by atoms with E-state index in [0.29, 0.717) is 23.8 Å². The Hall–Kier alpha value is -3.20. The van der Waals surface area contributed by atoms with E-state index in [4.69, 9.17) is 4.74 Å². The van der Waals surface area contributed by atoms with E-state index in [-0.39, 0.29) is 18.2 Å². The summed E-state index contributed by atoms with van der Waals surface area (Å²) < 4.78 is 7.12. The third-order valence-corrected chi connectivity index (χ3v) is 5.97. The summed E-state index contributed by atoms with van der Waals surface area (Å²) in [5.74, 6) is 1.41. The van der Waals surface area contributed by atoms with Gasteiger partial charge < -0.3 is 14.6 Å². The highest BCUT2D eigenvalue weighted by atomic mass is 32.1. The summed E-state index contributed by atoms with van der Waals surface area (Å²) in [5, 5.41) is 5.57. The average Bonchev–Trinajstić information content (AvgIpc) is 3.48. The largest absolute Gasteiger partial charge is 0.497 e. The molecule has 0 aliphatic carbocycles. The maximum absolute atomic E-state index is 12.8. The van der Waals surface area contributed by atoms with Gasteiger partial charge >= 0.3 is 0 Å². The number of aryl methyl sites for hydroxylation is 1. The van der Waals surface area contributed by atoms with Crippen LogP contribution in [0.3, 0.4) is 0 Å². The SMILES string of the molecule is COc1ccc(C(NC(=O)Cc2csc(N3CCCC3=O)n2)c2nccn2C)cc1. The Labute approximate surface area is 178 Å². The molecule has 1 fully saturated rings. The zero-order valence-corrected chi connectivity index (χ0v) is 17.7. The van der Waals surface area contributed by atoms with Crippen molar-refractivity contribution in [2.45, 2.75) is 25.3 Å². The molecule has 3 heterocycles. The summed E-state index contributed by atoms with van der Waals surface area (Å²) in [4.78, 5) is 35.3. The second-order valence-electron chi connectivity index (χ2n) is 7.12. The Morgan fingerprint density at radius 2 is 2.13 bits per heavy atom. The molecular formula is C21H23N5O3S. The van der Waals surface area contributed by atoms with Gasteiger partial charge in [-0.2, -0.15) is 0 Å². The van der Waals surface area contributed by atoms with Gasteiger partial charge in [-0.25, -0.2) is 9.97 Å². The molecule has 1 N–H and O–H groups in total. The predicted octanol–water partition coefficient (Wildman–Crippen LogP) is 2.46. The minimum atomic E-state index is -0.401. The maximum atomic E-state index is 12.8. The first-order valence-corrected chi connectivity index (χ1v) is 10.6. The smallest absolute Gasteiger partial charge is 0.228 e. The van der Waals surface area contributed by atoms with E-state index in [1.807, 2.05) is 47.5 Å². The first-order valence-electron chi connectivity index (χ1n) is 9.70. The zero-order valence-electron chi connectivity index (χ0n) is 16.9. The number of nitrogens with one attached hydrogen (secondary N) is 1. The highest BCUT2D eigenvalue weighted by Crippen LogP contribution is 2.26. The Bertz CT molecular complexity index is 1040. The van der Waals surface area contributed by atoms with Gasteiger partial charge in [-0.15, -0.1) is 11.3 Å². The average molecular weight is 426 g/mol. The minimum Gasteiger partial charge on any atom is -0.497 e. The molecule has 9 heteroatoms. The van der Waals surface area contributed by atoms with Crippen LogP contribution in [0.2, 0.25) is 0 Å². The molecule has 1 aromatic carbocycles. The van der Waals surface area contributed by atoms with E-state index >= 15 is 0 Å². The van der Waals surface area contributed by atoms with Crippen LogP contribution in [0, 0.1) is 0 Å². The summed E-state index contributed by atoms with van der Waals surface area (Å²) >= 11 is 1.40. The van der Waals surface area contributed by atoms with Gasteiger partial charge in [-0.3, -0.25) is 14.5 Å². The van der Waals surface area contributed by atoms with E-state index < -0.39 is 6.04 Å². The number of imidazole rings is 1. The number of carbonyl (C=O) groups is 2. The van der Waals surface area contributed by atoms with Crippen molar-refractivity contribution in [1.82, 2.24) is 19.9 Å².